The molecule has 2 rings (SSSR count). The summed E-state index contributed by atoms with van der Waals surface area (Å²) in [5.74, 6) is -0.345. The topological polar surface area (TPSA) is 42.7 Å². The molecule has 19 heavy (non-hydrogen) atoms. The van der Waals surface area contributed by atoms with E-state index in [4.69, 9.17) is 0 Å². The minimum atomic E-state index is -4.02. The average Bonchev–Trinajstić information content (AvgIpc) is 2.75. The van der Waals surface area contributed by atoms with Gasteiger partial charge in [0.05, 0.1) is 5.92 Å². The summed E-state index contributed by atoms with van der Waals surface area (Å²) in [6.07, 6.45) is -0.00158. The third-order valence-corrected chi connectivity index (χ3v) is 3.62. The fourth-order valence-electron chi connectivity index (χ4n) is 2.51. The molecule has 1 aliphatic carbocycles. The Morgan fingerprint density at radius 3 is 2.53 bits per heavy atom. The monoisotopic (exact) mass is 276 g/mol. The van der Waals surface area contributed by atoms with Gasteiger partial charge in [0, 0.05) is 26.1 Å². The standard InChI is InChI=1S/C12H19F3N4/c1-19-8-17-11(18-19)6-7-16-10-4-2-9(3-5-10)12(13,14)15/h8-10,16H,2-7H2,1H3. The molecular formula is C12H19F3N4. The van der Waals surface area contributed by atoms with Crippen LogP contribution in [-0.4, -0.2) is 33.5 Å². The van der Waals surface area contributed by atoms with Crippen molar-refractivity contribution in [1.82, 2.24) is 20.1 Å². The number of halogens is 3. The summed E-state index contributed by atoms with van der Waals surface area (Å²) in [6.45, 7) is 0.714. The molecule has 0 bridgehead atoms. The average molecular weight is 276 g/mol. The first kappa shape index (κ1) is 14.3. The molecule has 0 radical (unpaired) electrons. The van der Waals surface area contributed by atoms with E-state index in [2.05, 4.69) is 15.4 Å². The van der Waals surface area contributed by atoms with Crippen LogP contribution in [0.25, 0.3) is 0 Å². The zero-order valence-electron chi connectivity index (χ0n) is 11.0. The molecule has 4 nitrogen and oxygen atoms in total. The van der Waals surface area contributed by atoms with Gasteiger partial charge in [-0.25, -0.2) is 4.98 Å². The van der Waals surface area contributed by atoms with Crippen molar-refractivity contribution in [2.24, 2.45) is 13.0 Å². The molecule has 1 aromatic heterocycles. The van der Waals surface area contributed by atoms with Crippen LogP contribution < -0.4 is 5.32 Å². The molecule has 1 saturated carbocycles. The quantitative estimate of drug-likeness (QED) is 0.915. The Morgan fingerprint density at radius 1 is 1.32 bits per heavy atom. The molecule has 0 amide bonds. The van der Waals surface area contributed by atoms with Gasteiger partial charge in [0.1, 0.15) is 6.33 Å². The minimum absolute atomic E-state index is 0.197. The van der Waals surface area contributed by atoms with E-state index in [9.17, 15) is 13.2 Å². The van der Waals surface area contributed by atoms with E-state index in [1.165, 1.54) is 0 Å². The minimum Gasteiger partial charge on any atom is -0.314 e. The second-order valence-corrected chi connectivity index (χ2v) is 5.13. The molecule has 1 aliphatic rings. The van der Waals surface area contributed by atoms with Gasteiger partial charge < -0.3 is 5.32 Å². The lowest BCUT2D eigenvalue weighted by molar-refractivity contribution is -0.182. The zero-order chi connectivity index (χ0) is 13.9. The van der Waals surface area contributed by atoms with Crippen molar-refractivity contribution in [3.63, 3.8) is 0 Å². The largest absolute Gasteiger partial charge is 0.391 e. The molecule has 1 fully saturated rings. The molecule has 0 aromatic carbocycles. The molecular weight excluding hydrogens is 257 g/mol. The summed E-state index contributed by atoms with van der Waals surface area (Å²) in [6, 6.07) is 0.197. The van der Waals surface area contributed by atoms with Gasteiger partial charge in [-0.2, -0.15) is 18.3 Å². The molecule has 0 aliphatic heterocycles. The lowest BCUT2D eigenvalue weighted by atomic mass is 9.85. The number of hydrogen-bond donors (Lipinski definition) is 1. The molecule has 0 spiro atoms. The highest BCUT2D eigenvalue weighted by Gasteiger charge is 2.41. The predicted molar refractivity (Wildman–Crippen MR) is 64.5 cm³/mol. The van der Waals surface area contributed by atoms with Gasteiger partial charge in [-0.15, -0.1) is 0 Å². The maximum absolute atomic E-state index is 12.5. The highest BCUT2D eigenvalue weighted by Crippen LogP contribution is 2.37. The fraction of sp³-hybridized carbons (Fsp3) is 0.833. The van der Waals surface area contributed by atoms with E-state index < -0.39 is 12.1 Å². The van der Waals surface area contributed by atoms with E-state index in [1.807, 2.05) is 7.05 Å². The van der Waals surface area contributed by atoms with E-state index in [-0.39, 0.29) is 18.9 Å². The zero-order valence-corrected chi connectivity index (χ0v) is 11.0. The molecule has 0 unspecified atom stereocenters. The Kier molecular flexibility index (Phi) is 4.44. The van der Waals surface area contributed by atoms with Crippen LogP contribution in [-0.2, 0) is 13.5 Å². The summed E-state index contributed by atoms with van der Waals surface area (Å²) < 4.78 is 39.2. The number of hydrogen-bond acceptors (Lipinski definition) is 3. The third-order valence-electron chi connectivity index (χ3n) is 3.62. The van der Waals surface area contributed by atoms with Crippen molar-refractivity contribution >= 4 is 0 Å². The fourth-order valence-corrected chi connectivity index (χ4v) is 2.51. The highest BCUT2D eigenvalue weighted by molar-refractivity contribution is 4.85. The van der Waals surface area contributed by atoms with Gasteiger partial charge >= 0.3 is 6.18 Å². The van der Waals surface area contributed by atoms with Gasteiger partial charge in [0.15, 0.2) is 5.82 Å². The van der Waals surface area contributed by atoms with Gasteiger partial charge in [-0.3, -0.25) is 4.68 Å². The Hall–Kier alpha value is -1.11. The summed E-state index contributed by atoms with van der Waals surface area (Å²) in [7, 11) is 1.81. The van der Waals surface area contributed by atoms with Crippen LogP contribution >= 0.6 is 0 Å². The molecule has 7 heteroatoms. The van der Waals surface area contributed by atoms with Crippen molar-refractivity contribution in [3.05, 3.63) is 12.2 Å². The summed E-state index contributed by atoms with van der Waals surface area (Å²) in [5.41, 5.74) is 0. The third kappa shape index (κ3) is 4.19. The number of nitrogens with zero attached hydrogens (tertiary/aromatic N) is 3. The van der Waals surface area contributed by atoms with E-state index >= 15 is 0 Å². The van der Waals surface area contributed by atoms with E-state index in [0.29, 0.717) is 25.8 Å². The van der Waals surface area contributed by atoms with Gasteiger partial charge in [0.25, 0.3) is 0 Å². The molecule has 1 N–H and O–H groups in total. The Labute approximate surface area is 110 Å². The number of aromatic nitrogens is 3. The number of aryl methyl sites for hydroxylation is 1. The smallest absolute Gasteiger partial charge is 0.314 e. The van der Waals surface area contributed by atoms with E-state index in [0.717, 1.165) is 5.82 Å². The SMILES string of the molecule is Cn1cnc(CCNC2CCC(C(F)(F)F)CC2)n1. The van der Waals surface area contributed by atoms with Crippen LogP contribution in [0.2, 0.25) is 0 Å². The van der Waals surface area contributed by atoms with Crippen LogP contribution in [0.4, 0.5) is 13.2 Å². The van der Waals surface area contributed by atoms with Crippen LogP contribution in [0, 0.1) is 5.92 Å². The first-order chi connectivity index (χ1) is 8.95. The molecule has 0 atom stereocenters. The van der Waals surface area contributed by atoms with Crippen molar-refractivity contribution in [3.8, 4) is 0 Å². The molecule has 0 saturated heterocycles. The summed E-state index contributed by atoms with van der Waals surface area (Å²) >= 11 is 0. The van der Waals surface area contributed by atoms with Crippen molar-refractivity contribution in [2.45, 2.75) is 44.3 Å². The van der Waals surface area contributed by atoms with Crippen molar-refractivity contribution in [2.75, 3.05) is 6.54 Å². The lowest BCUT2D eigenvalue weighted by Gasteiger charge is -2.30. The highest BCUT2D eigenvalue weighted by atomic mass is 19.4. The van der Waals surface area contributed by atoms with Crippen LogP contribution in [0.1, 0.15) is 31.5 Å². The van der Waals surface area contributed by atoms with Crippen LogP contribution in [0.3, 0.4) is 0 Å². The van der Waals surface area contributed by atoms with Crippen LogP contribution in [0.5, 0.6) is 0 Å². The Bertz CT molecular complexity index is 394. The number of alkyl halides is 3. The maximum atomic E-state index is 12.5. The lowest BCUT2D eigenvalue weighted by Crippen LogP contribution is -2.37. The molecule has 1 aromatic rings. The predicted octanol–water partition coefficient (Wildman–Crippen LogP) is 2.07. The molecule has 1 heterocycles. The van der Waals surface area contributed by atoms with Gasteiger partial charge in [-0.05, 0) is 25.7 Å². The molecule has 108 valence electrons. The number of rotatable bonds is 4. The summed E-state index contributed by atoms with van der Waals surface area (Å²) in [4.78, 5) is 4.11. The second kappa shape index (κ2) is 5.90. The van der Waals surface area contributed by atoms with Crippen molar-refractivity contribution < 1.29 is 13.2 Å². The Morgan fingerprint density at radius 2 is 2.00 bits per heavy atom. The van der Waals surface area contributed by atoms with Gasteiger partial charge in [-0.1, -0.05) is 0 Å². The number of nitrogens with one attached hydrogen (secondary N) is 1. The summed E-state index contributed by atoms with van der Waals surface area (Å²) in [5, 5.41) is 7.45. The maximum Gasteiger partial charge on any atom is 0.391 e. The van der Waals surface area contributed by atoms with Crippen molar-refractivity contribution in [1.29, 1.82) is 0 Å². The van der Waals surface area contributed by atoms with Gasteiger partial charge in [0.2, 0.25) is 0 Å². The second-order valence-electron chi connectivity index (χ2n) is 5.13. The van der Waals surface area contributed by atoms with Crippen LogP contribution in [0.15, 0.2) is 6.33 Å². The Balaban J connectivity index is 1.66. The normalized spacial score (nSPS) is 24.6. The first-order valence-electron chi connectivity index (χ1n) is 6.60. The van der Waals surface area contributed by atoms with E-state index in [1.54, 1.807) is 11.0 Å². The first-order valence-corrected chi connectivity index (χ1v) is 6.60.